The minimum absolute atomic E-state index is 0.0765. The lowest BCUT2D eigenvalue weighted by molar-refractivity contribution is -0.113. The molecule has 1 N–H and O–H groups in total. The first kappa shape index (κ1) is 16.4. The number of aryl methyl sites for hydroxylation is 2. The fraction of sp³-hybridized carbons (Fsp3) is 0.643. The lowest BCUT2D eigenvalue weighted by Gasteiger charge is -2.10. The van der Waals surface area contributed by atoms with Crippen LogP contribution in [0.5, 0.6) is 0 Å². The molecule has 0 aromatic carbocycles. The summed E-state index contributed by atoms with van der Waals surface area (Å²) < 4.78 is 1.87. The van der Waals surface area contributed by atoms with E-state index in [0.717, 1.165) is 35.0 Å². The number of rotatable bonds is 6. The molecule has 1 amide bonds. The number of carbonyl (C=O) groups is 1. The summed E-state index contributed by atoms with van der Waals surface area (Å²) in [5.41, 5.74) is 1.04. The van der Waals surface area contributed by atoms with Crippen LogP contribution in [0.15, 0.2) is 5.16 Å². The summed E-state index contributed by atoms with van der Waals surface area (Å²) in [5, 5.41) is 16.1. The Bertz CT molecular complexity index is 677. The first-order valence-electron chi connectivity index (χ1n) is 7.84. The molecule has 0 atom stereocenters. The molecule has 9 heteroatoms. The van der Waals surface area contributed by atoms with Gasteiger partial charge in [-0.25, -0.2) is 9.67 Å². The quantitative estimate of drug-likeness (QED) is 0.805. The van der Waals surface area contributed by atoms with Gasteiger partial charge < -0.3 is 5.32 Å². The van der Waals surface area contributed by atoms with Crippen LogP contribution in [0.1, 0.15) is 49.2 Å². The normalized spacial score (nSPS) is 15.2. The molecule has 0 unspecified atom stereocenters. The van der Waals surface area contributed by atoms with Crippen LogP contribution < -0.4 is 5.32 Å². The SMILES string of the molecule is CCc1nc(NC(=O)CSc2nnnn2C2CCCC2)sc1C. The van der Waals surface area contributed by atoms with Crippen molar-refractivity contribution in [1.82, 2.24) is 25.2 Å². The fourth-order valence-electron chi connectivity index (χ4n) is 2.75. The average molecular weight is 352 g/mol. The first-order chi connectivity index (χ1) is 11.2. The molecule has 2 aromatic heterocycles. The van der Waals surface area contributed by atoms with Crippen LogP contribution in [-0.2, 0) is 11.2 Å². The Morgan fingerprint density at radius 3 is 2.91 bits per heavy atom. The molecule has 0 spiro atoms. The number of thiazole rings is 1. The highest BCUT2D eigenvalue weighted by Crippen LogP contribution is 2.31. The lowest BCUT2D eigenvalue weighted by atomic mass is 10.3. The molecule has 1 aliphatic rings. The number of anilines is 1. The number of carbonyl (C=O) groups excluding carboxylic acids is 1. The van der Waals surface area contributed by atoms with Crippen molar-refractivity contribution < 1.29 is 4.79 Å². The summed E-state index contributed by atoms with van der Waals surface area (Å²) in [4.78, 5) is 17.7. The van der Waals surface area contributed by atoms with E-state index in [1.165, 1.54) is 35.9 Å². The molecule has 0 bridgehead atoms. The summed E-state index contributed by atoms with van der Waals surface area (Å²) in [6, 6.07) is 0.379. The van der Waals surface area contributed by atoms with Gasteiger partial charge in [-0.2, -0.15) is 0 Å². The van der Waals surface area contributed by atoms with Crippen molar-refractivity contribution in [3.05, 3.63) is 10.6 Å². The lowest BCUT2D eigenvalue weighted by Crippen LogP contribution is -2.15. The van der Waals surface area contributed by atoms with Gasteiger partial charge in [0.25, 0.3) is 0 Å². The van der Waals surface area contributed by atoms with Gasteiger partial charge in [0.05, 0.1) is 17.5 Å². The highest BCUT2D eigenvalue weighted by Gasteiger charge is 2.22. The van der Waals surface area contributed by atoms with Crippen molar-refractivity contribution in [3.8, 4) is 0 Å². The third-order valence-electron chi connectivity index (χ3n) is 3.94. The number of amides is 1. The topological polar surface area (TPSA) is 85.6 Å². The van der Waals surface area contributed by atoms with Gasteiger partial charge in [0.1, 0.15) is 0 Å². The molecule has 2 aromatic rings. The summed E-state index contributed by atoms with van der Waals surface area (Å²) in [6.45, 7) is 4.09. The second-order valence-corrected chi connectivity index (χ2v) is 7.70. The maximum Gasteiger partial charge on any atom is 0.236 e. The second kappa shape index (κ2) is 7.39. The monoisotopic (exact) mass is 352 g/mol. The van der Waals surface area contributed by atoms with E-state index in [1.54, 1.807) is 0 Å². The van der Waals surface area contributed by atoms with Gasteiger partial charge in [0.15, 0.2) is 5.13 Å². The predicted octanol–water partition coefficient (Wildman–Crippen LogP) is 2.85. The molecule has 0 radical (unpaired) electrons. The van der Waals surface area contributed by atoms with E-state index in [4.69, 9.17) is 0 Å². The second-order valence-electron chi connectivity index (χ2n) is 5.56. The Balaban J connectivity index is 1.55. The number of aromatic nitrogens is 5. The Morgan fingerprint density at radius 2 is 2.22 bits per heavy atom. The molecule has 1 fully saturated rings. The van der Waals surface area contributed by atoms with Crippen LogP contribution in [0.2, 0.25) is 0 Å². The van der Waals surface area contributed by atoms with E-state index < -0.39 is 0 Å². The fourth-order valence-corrected chi connectivity index (χ4v) is 4.42. The molecule has 0 saturated heterocycles. The van der Waals surface area contributed by atoms with Crippen LogP contribution in [-0.4, -0.2) is 36.9 Å². The van der Waals surface area contributed by atoms with Crippen molar-refractivity contribution in [3.63, 3.8) is 0 Å². The van der Waals surface area contributed by atoms with Crippen LogP contribution >= 0.6 is 23.1 Å². The van der Waals surface area contributed by atoms with Crippen molar-refractivity contribution in [1.29, 1.82) is 0 Å². The minimum Gasteiger partial charge on any atom is -0.301 e. The van der Waals surface area contributed by atoms with E-state index in [0.29, 0.717) is 11.2 Å². The molecule has 7 nitrogen and oxygen atoms in total. The number of hydrogen-bond acceptors (Lipinski definition) is 7. The van der Waals surface area contributed by atoms with E-state index in [2.05, 4.69) is 32.7 Å². The van der Waals surface area contributed by atoms with Gasteiger partial charge in [-0.05, 0) is 36.6 Å². The number of hydrogen-bond donors (Lipinski definition) is 1. The zero-order valence-corrected chi connectivity index (χ0v) is 14.9. The smallest absolute Gasteiger partial charge is 0.236 e. The van der Waals surface area contributed by atoms with Gasteiger partial charge in [-0.1, -0.05) is 31.5 Å². The zero-order chi connectivity index (χ0) is 16.2. The largest absolute Gasteiger partial charge is 0.301 e. The third kappa shape index (κ3) is 3.89. The number of nitrogens with one attached hydrogen (secondary N) is 1. The van der Waals surface area contributed by atoms with Crippen LogP contribution in [0, 0.1) is 6.92 Å². The Labute approximate surface area is 143 Å². The zero-order valence-electron chi connectivity index (χ0n) is 13.3. The summed E-state index contributed by atoms with van der Waals surface area (Å²) >= 11 is 2.89. The minimum atomic E-state index is -0.0765. The molecule has 23 heavy (non-hydrogen) atoms. The van der Waals surface area contributed by atoms with Crippen molar-refractivity contribution in [2.75, 3.05) is 11.1 Å². The molecule has 1 aliphatic carbocycles. The van der Waals surface area contributed by atoms with Crippen LogP contribution in [0.3, 0.4) is 0 Å². The highest BCUT2D eigenvalue weighted by atomic mass is 32.2. The molecule has 1 saturated carbocycles. The number of nitrogens with zero attached hydrogens (tertiary/aromatic N) is 5. The number of tetrazole rings is 1. The first-order valence-corrected chi connectivity index (χ1v) is 9.64. The Kier molecular flexibility index (Phi) is 5.27. The van der Waals surface area contributed by atoms with E-state index >= 15 is 0 Å². The standard InChI is InChI=1S/C14H20N6OS2/c1-3-11-9(2)23-13(15-11)16-12(21)8-22-14-17-18-19-20(14)10-6-4-5-7-10/h10H,3-8H2,1-2H3,(H,15,16,21). The Hall–Kier alpha value is -1.48. The van der Waals surface area contributed by atoms with Gasteiger partial charge in [-0.3, -0.25) is 4.79 Å². The van der Waals surface area contributed by atoms with Gasteiger partial charge in [0.2, 0.25) is 11.1 Å². The maximum atomic E-state index is 12.1. The third-order valence-corrected chi connectivity index (χ3v) is 5.80. The van der Waals surface area contributed by atoms with Crippen molar-refractivity contribution >= 4 is 34.1 Å². The van der Waals surface area contributed by atoms with E-state index in [-0.39, 0.29) is 11.7 Å². The van der Waals surface area contributed by atoms with Crippen LogP contribution in [0.25, 0.3) is 0 Å². The molecular formula is C14H20N6OS2. The summed E-state index contributed by atoms with van der Waals surface area (Å²) in [7, 11) is 0. The van der Waals surface area contributed by atoms with E-state index in [1.807, 2.05) is 11.6 Å². The Morgan fingerprint density at radius 1 is 1.43 bits per heavy atom. The van der Waals surface area contributed by atoms with Crippen molar-refractivity contribution in [2.45, 2.75) is 57.1 Å². The van der Waals surface area contributed by atoms with Gasteiger partial charge >= 0.3 is 0 Å². The highest BCUT2D eigenvalue weighted by molar-refractivity contribution is 7.99. The summed E-state index contributed by atoms with van der Waals surface area (Å²) in [6.07, 6.45) is 5.55. The molecule has 0 aliphatic heterocycles. The predicted molar refractivity (Wildman–Crippen MR) is 90.9 cm³/mol. The maximum absolute atomic E-state index is 12.1. The average Bonchev–Trinajstić information content (AvgIpc) is 3.25. The summed E-state index contributed by atoms with van der Waals surface area (Å²) in [5.74, 6) is 0.208. The molecule has 124 valence electrons. The molecule has 2 heterocycles. The number of thioether (sulfide) groups is 1. The van der Waals surface area contributed by atoms with Gasteiger partial charge in [0, 0.05) is 4.88 Å². The molecular weight excluding hydrogens is 332 g/mol. The van der Waals surface area contributed by atoms with Crippen LogP contribution in [0.4, 0.5) is 5.13 Å². The van der Waals surface area contributed by atoms with Crippen molar-refractivity contribution in [2.24, 2.45) is 0 Å². The van der Waals surface area contributed by atoms with E-state index in [9.17, 15) is 4.79 Å². The molecule has 3 rings (SSSR count). The van der Waals surface area contributed by atoms with Gasteiger partial charge in [-0.15, -0.1) is 16.4 Å².